The molecule has 2 aliphatic heterocycles. The number of nitrogens with two attached hydrogens (primary N) is 1. The highest BCUT2D eigenvalue weighted by molar-refractivity contribution is 6.00. The fourth-order valence-corrected chi connectivity index (χ4v) is 6.47. The second-order valence-electron chi connectivity index (χ2n) is 12.5. The van der Waals surface area contributed by atoms with E-state index in [4.69, 9.17) is 25.4 Å². The summed E-state index contributed by atoms with van der Waals surface area (Å²) in [6.45, 7) is 10.2. The maximum atomic E-state index is 13.8. The third-order valence-electron chi connectivity index (χ3n) is 9.02. The van der Waals surface area contributed by atoms with Crippen molar-refractivity contribution in [2.75, 3.05) is 0 Å². The van der Waals surface area contributed by atoms with Gasteiger partial charge in [0.25, 0.3) is 0 Å². The second kappa shape index (κ2) is 12.7. The van der Waals surface area contributed by atoms with Gasteiger partial charge in [-0.05, 0) is 56.2 Å². The number of nitrogens with one attached hydrogen (secondary N) is 1. The molecule has 2 aromatic rings. The molecule has 4 unspecified atom stereocenters. The molecule has 1 aromatic carbocycles. The number of aromatic nitrogens is 1. The fraction of sp³-hybridized carbons (Fsp3) is 0.531. The Kier molecular flexibility index (Phi) is 9.51. The normalized spacial score (nSPS) is 25.4. The van der Waals surface area contributed by atoms with Crippen LogP contribution in [0.25, 0.3) is 0 Å². The molecule has 0 bridgehead atoms. The Balaban J connectivity index is 0.000000591. The van der Waals surface area contributed by atoms with Crippen LogP contribution in [0.5, 0.6) is 5.75 Å². The molecule has 2 amide bonds. The van der Waals surface area contributed by atoms with Crippen molar-refractivity contribution in [2.24, 2.45) is 28.5 Å². The van der Waals surface area contributed by atoms with E-state index in [0.29, 0.717) is 12.8 Å². The number of aliphatic imine (C=N–C) groups is 1. The highest BCUT2D eigenvalue weighted by Crippen LogP contribution is 2.56. The summed E-state index contributed by atoms with van der Waals surface area (Å²) in [4.78, 5) is 47.1. The van der Waals surface area contributed by atoms with Gasteiger partial charge in [-0.1, -0.05) is 45.0 Å². The lowest BCUT2D eigenvalue weighted by molar-refractivity contribution is -0.192. The van der Waals surface area contributed by atoms with Crippen molar-refractivity contribution < 1.29 is 37.4 Å². The molecule has 1 saturated carbocycles. The topological polar surface area (TPSA) is 147 Å². The number of benzene rings is 1. The molecule has 45 heavy (non-hydrogen) atoms. The minimum atomic E-state index is -5.08. The zero-order chi connectivity index (χ0) is 33.3. The van der Waals surface area contributed by atoms with Gasteiger partial charge in [-0.25, -0.2) is 9.79 Å². The first kappa shape index (κ1) is 33.7. The Bertz CT molecular complexity index is 1440. The Hall–Kier alpha value is -4.16. The van der Waals surface area contributed by atoms with Crippen LogP contribution in [-0.2, 0) is 14.4 Å². The first-order valence-corrected chi connectivity index (χ1v) is 15.0. The van der Waals surface area contributed by atoms with Gasteiger partial charge in [-0.2, -0.15) is 13.2 Å². The highest BCUT2D eigenvalue weighted by Gasteiger charge is 2.59. The van der Waals surface area contributed by atoms with Crippen molar-refractivity contribution >= 4 is 23.7 Å². The third kappa shape index (κ3) is 7.23. The fourth-order valence-electron chi connectivity index (χ4n) is 6.47. The molecule has 4 N–H and O–H groups in total. The maximum Gasteiger partial charge on any atom is 0.490 e. The number of hydrogen-bond donors (Lipinski definition) is 3. The number of pyridine rings is 1. The zero-order valence-electron chi connectivity index (χ0n) is 26.0. The van der Waals surface area contributed by atoms with E-state index in [1.165, 1.54) is 0 Å². The molecule has 3 heterocycles. The molecule has 3 aliphatic rings. The van der Waals surface area contributed by atoms with Crippen molar-refractivity contribution in [2.45, 2.75) is 89.7 Å². The molecule has 1 aliphatic carbocycles. The molecule has 5 atom stereocenters. The van der Waals surface area contributed by atoms with Gasteiger partial charge >= 0.3 is 12.1 Å². The number of halogens is 3. The summed E-state index contributed by atoms with van der Waals surface area (Å²) in [5.41, 5.74) is 7.52. The number of rotatable bonds is 7. The summed E-state index contributed by atoms with van der Waals surface area (Å²) in [7, 11) is 0. The van der Waals surface area contributed by atoms with Crippen LogP contribution >= 0.6 is 0 Å². The maximum absolute atomic E-state index is 13.8. The molecular formula is C32H40F3N5O5. The van der Waals surface area contributed by atoms with Crippen molar-refractivity contribution in [1.29, 1.82) is 0 Å². The summed E-state index contributed by atoms with van der Waals surface area (Å²) in [5, 5.41) is 10.4. The lowest BCUT2D eigenvalue weighted by Gasteiger charge is -2.40. The summed E-state index contributed by atoms with van der Waals surface area (Å²) < 4.78 is 37.9. The van der Waals surface area contributed by atoms with E-state index in [1.54, 1.807) is 17.3 Å². The largest absolute Gasteiger partial charge is 0.490 e. The van der Waals surface area contributed by atoms with Crippen molar-refractivity contribution in [3.8, 4) is 5.75 Å². The lowest BCUT2D eigenvalue weighted by Crippen LogP contribution is -2.53. The first-order valence-electron chi connectivity index (χ1n) is 15.0. The van der Waals surface area contributed by atoms with Gasteiger partial charge in [0, 0.05) is 30.3 Å². The Morgan fingerprint density at radius 1 is 1.18 bits per heavy atom. The monoisotopic (exact) mass is 631 g/mol. The van der Waals surface area contributed by atoms with Crippen LogP contribution in [0.15, 0.2) is 53.8 Å². The second-order valence-corrected chi connectivity index (χ2v) is 12.5. The minimum Gasteiger partial charge on any atom is -0.487 e. The Labute approximate surface area is 260 Å². The number of carbonyl (C=O) groups excluding carboxylic acids is 2. The smallest absolute Gasteiger partial charge is 0.487 e. The van der Waals surface area contributed by atoms with Crippen LogP contribution < -0.4 is 15.8 Å². The quantitative estimate of drug-likeness (QED) is 0.382. The number of alkyl halides is 3. The molecule has 1 fully saturated rings. The number of hydrogen-bond acceptors (Lipinski definition) is 7. The predicted molar refractivity (Wildman–Crippen MR) is 160 cm³/mol. The van der Waals surface area contributed by atoms with Gasteiger partial charge in [0.05, 0.1) is 24.0 Å². The molecule has 10 nitrogen and oxygen atoms in total. The van der Waals surface area contributed by atoms with Crippen LogP contribution in [0, 0.1) is 17.8 Å². The molecule has 0 radical (unpaired) electrons. The summed E-state index contributed by atoms with van der Waals surface area (Å²) >= 11 is 0. The van der Waals surface area contributed by atoms with Gasteiger partial charge in [-0.3, -0.25) is 19.5 Å². The summed E-state index contributed by atoms with van der Waals surface area (Å²) in [5.74, 6) is -2.07. The average Bonchev–Trinajstić information content (AvgIpc) is 3.64. The van der Waals surface area contributed by atoms with Crippen LogP contribution in [0.4, 0.5) is 13.2 Å². The van der Waals surface area contributed by atoms with E-state index >= 15 is 0 Å². The number of guanidine groups is 1. The van der Waals surface area contributed by atoms with E-state index in [1.807, 2.05) is 64.1 Å². The number of fused-ring (bicyclic) bond motifs is 1. The standard InChI is InChI=1S/C30H39N5O3.C2HF3O2/c1-6-30(7-2)16-23(36)35(28(31)34-30)26(19-11-10-14-32-17-19)24-18(3)25(24)27(37)33-21-15-29(4,5)38-22-13-9-8-12-20(21)22;3-2(4,5)1(6)7/h8-14,17-18,21,24-26H,6-7,15-16H2,1-5H3,(H2,31,34)(H,33,37);(H,6,7)/t18?,21-,24?,25?,26?;/m1./s1. The van der Waals surface area contributed by atoms with E-state index in [2.05, 4.69) is 17.2 Å². The number of para-hydroxylation sites is 1. The first-order chi connectivity index (χ1) is 21.0. The number of carbonyl (C=O) groups is 3. The van der Waals surface area contributed by atoms with Crippen LogP contribution in [0.2, 0.25) is 0 Å². The number of ether oxygens (including phenoxy) is 1. The molecule has 13 heteroatoms. The SMILES string of the molecule is CCC1(CC)CC(=O)N(C(c2cccnc2)C2C(C)C2C(=O)N[C@@H]2CC(C)(C)Oc3ccccc32)C(N)=N1.O=C(O)C(F)(F)F. The number of aliphatic carboxylic acids is 1. The van der Waals surface area contributed by atoms with Crippen molar-refractivity contribution in [3.05, 3.63) is 59.9 Å². The van der Waals surface area contributed by atoms with E-state index in [9.17, 15) is 22.8 Å². The van der Waals surface area contributed by atoms with E-state index < -0.39 is 29.3 Å². The van der Waals surface area contributed by atoms with Crippen LogP contribution in [-0.4, -0.2) is 56.0 Å². The zero-order valence-corrected chi connectivity index (χ0v) is 26.0. The molecule has 244 valence electrons. The number of carboxylic acid groups (broad SMARTS) is 1. The van der Waals surface area contributed by atoms with Crippen molar-refractivity contribution in [1.82, 2.24) is 15.2 Å². The van der Waals surface area contributed by atoms with Gasteiger partial charge in [0.15, 0.2) is 5.96 Å². The Morgan fingerprint density at radius 3 is 2.38 bits per heavy atom. The van der Waals surface area contributed by atoms with Gasteiger partial charge in [0.2, 0.25) is 11.8 Å². The minimum absolute atomic E-state index is 0.00896. The predicted octanol–water partition coefficient (Wildman–Crippen LogP) is 5.16. The molecular weight excluding hydrogens is 591 g/mol. The van der Waals surface area contributed by atoms with Crippen LogP contribution in [0.3, 0.4) is 0 Å². The number of amides is 2. The van der Waals surface area contributed by atoms with Crippen molar-refractivity contribution in [3.63, 3.8) is 0 Å². The number of nitrogens with zero attached hydrogens (tertiary/aromatic N) is 3. The summed E-state index contributed by atoms with van der Waals surface area (Å²) in [6.07, 6.45) is 0.867. The highest BCUT2D eigenvalue weighted by atomic mass is 19.4. The molecule has 0 saturated heterocycles. The van der Waals surface area contributed by atoms with Gasteiger partial charge < -0.3 is 20.9 Å². The lowest BCUT2D eigenvalue weighted by atomic mass is 9.87. The van der Waals surface area contributed by atoms with E-state index in [0.717, 1.165) is 29.7 Å². The third-order valence-corrected chi connectivity index (χ3v) is 9.02. The summed E-state index contributed by atoms with van der Waals surface area (Å²) in [6, 6.07) is 11.1. The van der Waals surface area contributed by atoms with Gasteiger partial charge in [0.1, 0.15) is 11.4 Å². The molecule has 0 spiro atoms. The Morgan fingerprint density at radius 2 is 1.82 bits per heavy atom. The van der Waals surface area contributed by atoms with Gasteiger partial charge in [-0.15, -0.1) is 0 Å². The van der Waals surface area contributed by atoms with E-state index in [-0.39, 0.29) is 41.6 Å². The molecule has 1 aromatic heterocycles. The number of carboxylic acids is 1. The molecule has 5 rings (SSSR count). The van der Waals surface area contributed by atoms with Crippen LogP contribution in [0.1, 0.15) is 83.5 Å². The average molecular weight is 632 g/mol.